The SMILES string of the molecule is CNCCC1CCN(C(=O)c2ccc(S(=O)(=O)CC(=O)N(C)C)cc2)CC1.Cl. The topological polar surface area (TPSA) is 86.8 Å². The van der Waals surface area contributed by atoms with Crippen LogP contribution in [-0.2, 0) is 14.6 Å². The van der Waals surface area contributed by atoms with Crippen LogP contribution in [0.25, 0.3) is 0 Å². The van der Waals surface area contributed by atoms with Gasteiger partial charge in [-0.15, -0.1) is 12.4 Å². The van der Waals surface area contributed by atoms with Crippen LogP contribution < -0.4 is 5.32 Å². The van der Waals surface area contributed by atoms with Crippen molar-refractivity contribution in [1.82, 2.24) is 15.1 Å². The number of nitrogens with one attached hydrogen (secondary N) is 1. The Bertz CT molecular complexity index is 758. The van der Waals surface area contributed by atoms with E-state index in [1.807, 2.05) is 11.9 Å². The van der Waals surface area contributed by atoms with Crippen LogP contribution in [0.4, 0.5) is 0 Å². The summed E-state index contributed by atoms with van der Waals surface area (Å²) in [4.78, 5) is 27.5. The number of piperidine rings is 1. The quantitative estimate of drug-likeness (QED) is 0.705. The molecule has 0 atom stereocenters. The summed E-state index contributed by atoms with van der Waals surface area (Å²) in [5.41, 5.74) is 0.474. The van der Waals surface area contributed by atoms with E-state index in [0.29, 0.717) is 11.5 Å². The number of amides is 2. The van der Waals surface area contributed by atoms with Crippen molar-refractivity contribution in [2.75, 3.05) is 46.5 Å². The van der Waals surface area contributed by atoms with Crippen LogP contribution >= 0.6 is 12.4 Å². The molecule has 1 heterocycles. The minimum Gasteiger partial charge on any atom is -0.348 e. The molecule has 1 aromatic rings. The van der Waals surface area contributed by atoms with Crippen LogP contribution in [0, 0.1) is 5.92 Å². The molecule has 1 aliphatic heterocycles. The normalized spacial score (nSPS) is 15.0. The Labute approximate surface area is 173 Å². The summed E-state index contributed by atoms with van der Waals surface area (Å²) in [6.07, 6.45) is 3.11. The van der Waals surface area contributed by atoms with Crippen LogP contribution in [0.5, 0.6) is 0 Å². The van der Waals surface area contributed by atoms with Gasteiger partial charge in [0, 0.05) is 32.7 Å². The van der Waals surface area contributed by atoms with Crippen LogP contribution in [0.15, 0.2) is 29.2 Å². The zero-order chi connectivity index (χ0) is 20.0. The third-order valence-electron chi connectivity index (χ3n) is 4.98. The molecular formula is C19H30ClN3O4S. The predicted molar refractivity (Wildman–Crippen MR) is 112 cm³/mol. The average molecular weight is 432 g/mol. The van der Waals surface area contributed by atoms with Gasteiger partial charge in [0.25, 0.3) is 5.91 Å². The number of nitrogens with zero attached hydrogens (tertiary/aromatic N) is 2. The Morgan fingerprint density at radius 1 is 1.14 bits per heavy atom. The minimum absolute atomic E-state index is 0. The molecule has 158 valence electrons. The largest absolute Gasteiger partial charge is 0.348 e. The van der Waals surface area contributed by atoms with Crippen molar-refractivity contribution in [3.8, 4) is 0 Å². The van der Waals surface area contributed by atoms with E-state index >= 15 is 0 Å². The molecule has 0 aliphatic carbocycles. The summed E-state index contributed by atoms with van der Waals surface area (Å²) in [5, 5.41) is 3.16. The number of rotatable bonds is 7. The number of sulfone groups is 1. The van der Waals surface area contributed by atoms with Gasteiger partial charge in [0.1, 0.15) is 5.75 Å². The summed E-state index contributed by atoms with van der Waals surface area (Å²) in [6, 6.07) is 5.88. The van der Waals surface area contributed by atoms with E-state index in [9.17, 15) is 18.0 Å². The summed E-state index contributed by atoms with van der Waals surface area (Å²) in [5.74, 6) is -0.483. The second kappa shape index (κ2) is 10.8. The number of hydrogen-bond acceptors (Lipinski definition) is 5. The molecule has 0 radical (unpaired) electrons. The molecule has 1 saturated heterocycles. The Kier molecular flexibility index (Phi) is 9.39. The molecule has 7 nitrogen and oxygen atoms in total. The van der Waals surface area contributed by atoms with Gasteiger partial charge in [0.05, 0.1) is 4.90 Å². The summed E-state index contributed by atoms with van der Waals surface area (Å²) >= 11 is 0. The Morgan fingerprint density at radius 2 is 1.71 bits per heavy atom. The molecule has 0 saturated carbocycles. The van der Waals surface area contributed by atoms with Crippen molar-refractivity contribution in [3.05, 3.63) is 29.8 Å². The van der Waals surface area contributed by atoms with Crippen molar-refractivity contribution in [2.45, 2.75) is 24.2 Å². The third kappa shape index (κ3) is 6.46. The molecular weight excluding hydrogens is 402 g/mol. The molecule has 2 rings (SSSR count). The van der Waals surface area contributed by atoms with Crippen molar-refractivity contribution >= 4 is 34.1 Å². The van der Waals surface area contributed by atoms with Crippen LogP contribution in [0.3, 0.4) is 0 Å². The summed E-state index contributed by atoms with van der Waals surface area (Å²) in [6.45, 7) is 2.44. The van der Waals surface area contributed by atoms with Gasteiger partial charge in [-0.25, -0.2) is 8.42 Å². The fourth-order valence-corrected chi connectivity index (χ4v) is 4.44. The van der Waals surface area contributed by atoms with Crippen LogP contribution in [0.2, 0.25) is 0 Å². The number of carbonyl (C=O) groups is 2. The standard InChI is InChI=1S/C19H29N3O4S.ClH/c1-20-11-8-15-9-12-22(13-10-15)19(24)16-4-6-17(7-5-16)27(25,26)14-18(23)21(2)3;/h4-7,15,20H,8-14H2,1-3H3;1H. The lowest BCUT2D eigenvalue weighted by Crippen LogP contribution is -2.39. The second-order valence-corrected chi connectivity index (χ2v) is 9.19. The molecule has 2 amide bonds. The molecule has 0 aromatic heterocycles. The average Bonchev–Trinajstić information content (AvgIpc) is 2.66. The summed E-state index contributed by atoms with van der Waals surface area (Å²) < 4.78 is 24.6. The molecule has 0 spiro atoms. The molecule has 9 heteroatoms. The highest BCUT2D eigenvalue weighted by molar-refractivity contribution is 7.92. The van der Waals surface area contributed by atoms with E-state index in [1.165, 1.54) is 43.3 Å². The van der Waals surface area contributed by atoms with E-state index in [-0.39, 0.29) is 23.2 Å². The van der Waals surface area contributed by atoms with Gasteiger partial charge in [-0.05, 0) is 63.0 Å². The first-order valence-electron chi connectivity index (χ1n) is 9.21. The number of hydrogen-bond donors (Lipinski definition) is 1. The minimum atomic E-state index is -3.71. The van der Waals surface area contributed by atoms with Gasteiger partial charge in [-0.1, -0.05) is 0 Å². The van der Waals surface area contributed by atoms with E-state index in [1.54, 1.807) is 0 Å². The first kappa shape index (κ1) is 24.4. The van der Waals surface area contributed by atoms with Crippen molar-refractivity contribution in [1.29, 1.82) is 0 Å². The second-order valence-electron chi connectivity index (χ2n) is 7.20. The van der Waals surface area contributed by atoms with Crippen LogP contribution in [-0.4, -0.2) is 76.6 Å². The maximum atomic E-state index is 12.7. The smallest absolute Gasteiger partial charge is 0.253 e. The van der Waals surface area contributed by atoms with E-state index < -0.39 is 21.5 Å². The van der Waals surface area contributed by atoms with Gasteiger partial charge in [0.15, 0.2) is 9.84 Å². The lowest BCUT2D eigenvalue weighted by molar-refractivity contribution is -0.125. The first-order chi connectivity index (χ1) is 12.7. The zero-order valence-corrected chi connectivity index (χ0v) is 18.3. The Morgan fingerprint density at radius 3 is 2.21 bits per heavy atom. The zero-order valence-electron chi connectivity index (χ0n) is 16.7. The Balaban J connectivity index is 0.00000392. The van der Waals surface area contributed by atoms with Gasteiger partial charge in [-0.2, -0.15) is 0 Å². The first-order valence-corrected chi connectivity index (χ1v) is 10.9. The van der Waals surface area contributed by atoms with Gasteiger partial charge in [0.2, 0.25) is 5.91 Å². The molecule has 1 aliphatic rings. The van der Waals surface area contributed by atoms with E-state index in [0.717, 1.165) is 38.9 Å². The van der Waals surface area contributed by atoms with Gasteiger partial charge >= 0.3 is 0 Å². The highest BCUT2D eigenvalue weighted by Crippen LogP contribution is 2.22. The van der Waals surface area contributed by atoms with Crippen molar-refractivity contribution < 1.29 is 18.0 Å². The fraction of sp³-hybridized carbons (Fsp3) is 0.579. The number of benzene rings is 1. The monoisotopic (exact) mass is 431 g/mol. The molecule has 1 aromatic carbocycles. The van der Waals surface area contributed by atoms with Gasteiger partial charge in [-0.3, -0.25) is 9.59 Å². The molecule has 0 bridgehead atoms. The van der Waals surface area contributed by atoms with Crippen molar-refractivity contribution in [3.63, 3.8) is 0 Å². The lowest BCUT2D eigenvalue weighted by Gasteiger charge is -2.32. The molecule has 1 fully saturated rings. The molecule has 1 N–H and O–H groups in total. The molecule has 0 unspecified atom stereocenters. The van der Waals surface area contributed by atoms with E-state index in [4.69, 9.17) is 0 Å². The Hall–Kier alpha value is -1.64. The number of carbonyl (C=O) groups excluding carboxylic acids is 2. The van der Waals surface area contributed by atoms with Crippen molar-refractivity contribution in [2.24, 2.45) is 5.92 Å². The van der Waals surface area contributed by atoms with Crippen LogP contribution in [0.1, 0.15) is 29.6 Å². The summed E-state index contributed by atoms with van der Waals surface area (Å²) in [7, 11) is 1.26. The van der Waals surface area contributed by atoms with Gasteiger partial charge < -0.3 is 15.1 Å². The number of halogens is 1. The fourth-order valence-electron chi connectivity index (χ4n) is 3.14. The molecule has 28 heavy (non-hydrogen) atoms. The maximum Gasteiger partial charge on any atom is 0.253 e. The van der Waals surface area contributed by atoms with E-state index in [2.05, 4.69) is 5.32 Å². The lowest BCUT2D eigenvalue weighted by atomic mass is 9.93. The maximum absolute atomic E-state index is 12.7. The predicted octanol–water partition coefficient (Wildman–Crippen LogP) is 1.43. The number of likely N-dealkylation sites (tertiary alicyclic amines) is 1. The highest BCUT2D eigenvalue weighted by Gasteiger charge is 2.24. The highest BCUT2D eigenvalue weighted by atomic mass is 35.5. The third-order valence-corrected chi connectivity index (χ3v) is 6.59.